The molecule has 0 bridgehead atoms. The fourth-order valence-corrected chi connectivity index (χ4v) is 3.19. The molecule has 2 rings (SSSR count). The molecule has 20 heavy (non-hydrogen) atoms. The van der Waals surface area contributed by atoms with Crippen molar-refractivity contribution in [3.8, 4) is 0 Å². The van der Waals surface area contributed by atoms with Crippen LogP contribution in [0.5, 0.6) is 0 Å². The normalized spacial score (nSPS) is 12.2. The zero-order valence-corrected chi connectivity index (χ0v) is 14.0. The second-order valence-corrected chi connectivity index (χ2v) is 7.40. The van der Waals surface area contributed by atoms with Crippen LogP contribution in [0.3, 0.4) is 0 Å². The van der Waals surface area contributed by atoms with Crippen LogP contribution in [-0.4, -0.2) is 29.5 Å². The van der Waals surface area contributed by atoms with E-state index in [0.717, 1.165) is 36.8 Å². The van der Waals surface area contributed by atoms with Gasteiger partial charge in [-0.2, -0.15) is 0 Å². The fraction of sp³-hybridized carbons (Fsp3) is 0.667. The number of aromatic nitrogens is 2. The Morgan fingerprint density at radius 3 is 2.80 bits per heavy atom. The first kappa shape index (κ1) is 15.3. The predicted octanol–water partition coefficient (Wildman–Crippen LogP) is 3.38. The summed E-state index contributed by atoms with van der Waals surface area (Å²) < 4.78 is 2.21. The molecule has 0 saturated carbocycles. The molecule has 0 atom stereocenters. The summed E-state index contributed by atoms with van der Waals surface area (Å²) in [6.45, 7) is 11.9. The summed E-state index contributed by atoms with van der Waals surface area (Å²) in [5, 5.41) is 5.59. The highest BCUT2D eigenvalue weighted by atomic mass is 32.1. The van der Waals surface area contributed by atoms with Crippen LogP contribution in [0, 0.1) is 5.41 Å². The first-order valence-electron chi connectivity index (χ1n) is 7.28. The van der Waals surface area contributed by atoms with E-state index in [9.17, 15) is 0 Å². The second-order valence-electron chi connectivity index (χ2n) is 6.53. The van der Waals surface area contributed by atoms with Crippen molar-refractivity contribution in [1.82, 2.24) is 14.7 Å². The molecule has 0 aliphatic rings. The Kier molecular flexibility index (Phi) is 4.70. The molecule has 5 heteroatoms. The van der Waals surface area contributed by atoms with Crippen LogP contribution in [-0.2, 0) is 6.54 Å². The van der Waals surface area contributed by atoms with Crippen molar-refractivity contribution in [2.24, 2.45) is 5.41 Å². The lowest BCUT2D eigenvalue weighted by Gasteiger charge is -2.27. The number of hydrogen-bond donors (Lipinski definition) is 1. The molecule has 1 N–H and O–H groups in total. The van der Waals surface area contributed by atoms with Crippen LogP contribution < -0.4 is 10.2 Å². The lowest BCUT2D eigenvalue weighted by atomic mass is 9.96. The van der Waals surface area contributed by atoms with E-state index in [1.54, 1.807) is 11.3 Å². The van der Waals surface area contributed by atoms with E-state index in [0.29, 0.717) is 0 Å². The van der Waals surface area contributed by atoms with Crippen LogP contribution in [0.2, 0.25) is 0 Å². The minimum absolute atomic E-state index is 0.264. The Hall–Kier alpha value is -1.07. The first-order valence-corrected chi connectivity index (χ1v) is 8.16. The van der Waals surface area contributed by atoms with E-state index >= 15 is 0 Å². The molecule has 112 valence electrons. The Labute approximate surface area is 125 Å². The summed E-state index contributed by atoms with van der Waals surface area (Å²) in [6, 6.07) is 0. The third-order valence-electron chi connectivity index (χ3n) is 3.13. The van der Waals surface area contributed by atoms with Crippen molar-refractivity contribution in [2.75, 3.05) is 25.0 Å². The molecule has 0 radical (unpaired) electrons. The molecule has 0 unspecified atom stereocenters. The molecule has 0 aliphatic heterocycles. The molecule has 2 aromatic rings. The van der Waals surface area contributed by atoms with Crippen molar-refractivity contribution in [2.45, 2.75) is 40.7 Å². The van der Waals surface area contributed by atoms with Gasteiger partial charge in [0, 0.05) is 31.7 Å². The van der Waals surface area contributed by atoms with Crippen LogP contribution in [0.4, 0.5) is 5.82 Å². The van der Waals surface area contributed by atoms with Gasteiger partial charge in [-0.15, -0.1) is 11.3 Å². The molecule has 0 spiro atoms. The SMILES string of the molecule is CCCNCc1c(N(C)CC(C)(C)C)nc2sccn12. The molecule has 2 heterocycles. The molecule has 0 amide bonds. The van der Waals surface area contributed by atoms with E-state index in [-0.39, 0.29) is 5.41 Å². The molecule has 0 saturated heterocycles. The van der Waals surface area contributed by atoms with E-state index in [2.05, 4.69) is 60.9 Å². The fourth-order valence-electron chi connectivity index (χ4n) is 2.46. The lowest BCUT2D eigenvalue weighted by molar-refractivity contribution is 0.417. The van der Waals surface area contributed by atoms with Crippen molar-refractivity contribution in [3.05, 3.63) is 17.3 Å². The number of imidazole rings is 1. The van der Waals surface area contributed by atoms with Crippen LogP contribution in [0.15, 0.2) is 11.6 Å². The summed E-state index contributed by atoms with van der Waals surface area (Å²) in [7, 11) is 2.14. The van der Waals surface area contributed by atoms with Gasteiger partial charge in [0.15, 0.2) is 10.8 Å². The summed E-state index contributed by atoms with van der Waals surface area (Å²) in [5.41, 5.74) is 1.53. The molecular formula is C15H26N4S. The maximum absolute atomic E-state index is 4.80. The lowest BCUT2D eigenvalue weighted by Crippen LogP contribution is -2.30. The summed E-state index contributed by atoms with van der Waals surface area (Å²) >= 11 is 1.69. The number of nitrogens with zero attached hydrogens (tertiary/aromatic N) is 3. The number of anilines is 1. The number of hydrogen-bond acceptors (Lipinski definition) is 4. The van der Waals surface area contributed by atoms with E-state index in [1.165, 1.54) is 5.69 Å². The number of rotatable bonds is 6. The minimum atomic E-state index is 0.264. The maximum atomic E-state index is 4.80. The molecular weight excluding hydrogens is 268 g/mol. The average molecular weight is 294 g/mol. The van der Waals surface area contributed by atoms with Gasteiger partial charge in [-0.3, -0.25) is 4.40 Å². The van der Waals surface area contributed by atoms with Gasteiger partial charge in [-0.25, -0.2) is 4.98 Å². The predicted molar refractivity (Wildman–Crippen MR) is 87.8 cm³/mol. The van der Waals surface area contributed by atoms with E-state index in [4.69, 9.17) is 4.98 Å². The van der Waals surface area contributed by atoms with Crippen LogP contribution >= 0.6 is 11.3 Å². The zero-order valence-electron chi connectivity index (χ0n) is 13.2. The third kappa shape index (κ3) is 3.52. The van der Waals surface area contributed by atoms with Gasteiger partial charge in [0.1, 0.15) is 0 Å². The summed E-state index contributed by atoms with van der Waals surface area (Å²) in [6.07, 6.45) is 3.27. The summed E-state index contributed by atoms with van der Waals surface area (Å²) in [5.74, 6) is 1.11. The number of thiazole rings is 1. The molecule has 0 aromatic carbocycles. The summed E-state index contributed by atoms with van der Waals surface area (Å²) in [4.78, 5) is 8.16. The highest BCUT2D eigenvalue weighted by molar-refractivity contribution is 7.15. The Morgan fingerprint density at radius 1 is 1.40 bits per heavy atom. The second kappa shape index (κ2) is 6.14. The number of fused-ring (bicyclic) bond motifs is 1. The molecule has 0 fully saturated rings. The number of nitrogens with one attached hydrogen (secondary N) is 1. The first-order chi connectivity index (χ1) is 9.42. The maximum Gasteiger partial charge on any atom is 0.195 e. The molecule has 0 aliphatic carbocycles. The van der Waals surface area contributed by atoms with Gasteiger partial charge >= 0.3 is 0 Å². The van der Waals surface area contributed by atoms with Gasteiger partial charge in [0.2, 0.25) is 0 Å². The van der Waals surface area contributed by atoms with Gasteiger partial charge < -0.3 is 10.2 Å². The van der Waals surface area contributed by atoms with Gasteiger partial charge in [-0.05, 0) is 18.4 Å². The van der Waals surface area contributed by atoms with Crippen LogP contribution in [0.25, 0.3) is 4.96 Å². The smallest absolute Gasteiger partial charge is 0.195 e. The minimum Gasteiger partial charge on any atom is -0.358 e. The van der Waals surface area contributed by atoms with E-state index in [1.807, 2.05) is 0 Å². The Morgan fingerprint density at radius 2 is 2.15 bits per heavy atom. The highest BCUT2D eigenvalue weighted by Crippen LogP contribution is 2.26. The van der Waals surface area contributed by atoms with Crippen molar-refractivity contribution >= 4 is 22.1 Å². The molecule has 2 aromatic heterocycles. The quantitative estimate of drug-likeness (QED) is 0.829. The van der Waals surface area contributed by atoms with Crippen molar-refractivity contribution < 1.29 is 0 Å². The van der Waals surface area contributed by atoms with Crippen molar-refractivity contribution in [3.63, 3.8) is 0 Å². The Bertz CT molecular complexity index is 550. The highest BCUT2D eigenvalue weighted by Gasteiger charge is 2.20. The van der Waals surface area contributed by atoms with Crippen LogP contribution in [0.1, 0.15) is 39.8 Å². The Balaban J connectivity index is 2.26. The third-order valence-corrected chi connectivity index (χ3v) is 3.89. The standard InChI is InChI=1S/C15H26N4S/c1-6-7-16-10-12-13(18(5)11-15(2,3)4)17-14-19(12)8-9-20-14/h8-9,16H,6-7,10-11H2,1-5H3. The molecule has 4 nitrogen and oxygen atoms in total. The van der Waals surface area contributed by atoms with E-state index < -0.39 is 0 Å². The average Bonchev–Trinajstić information content (AvgIpc) is 2.88. The van der Waals surface area contributed by atoms with Gasteiger partial charge in [-0.1, -0.05) is 27.7 Å². The topological polar surface area (TPSA) is 32.6 Å². The largest absolute Gasteiger partial charge is 0.358 e. The van der Waals surface area contributed by atoms with Gasteiger partial charge in [0.25, 0.3) is 0 Å². The zero-order chi connectivity index (χ0) is 14.8. The van der Waals surface area contributed by atoms with Crippen molar-refractivity contribution in [1.29, 1.82) is 0 Å². The van der Waals surface area contributed by atoms with Gasteiger partial charge in [0.05, 0.1) is 5.69 Å². The monoisotopic (exact) mass is 294 g/mol.